The van der Waals surface area contributed by atoms with E-state index in [0.717, 1.165) is 10.9 Å². The van der Waals surface area contributed by atoms with Crippen molar-refractivity contribution in [2.24, 2.45) is 22.2 Å². The Morgan fingerprint density at radius 3 is 2.16 bits per heavy atom. The van der Waals surface area contributed by atoms with Gasteiger partial charge in [-0.1, -0.05) is 68.3 Å². The Labute approximate surface area is 447 Å². The number of aromatic nitrogens is 3. The van der Waals surface area contributed by atoms with Crippen LogP contribution in [0.2, 0.25) is 0 Å². The number of para-hydroxylation sites is 1. The van der Waals surface area contributed by atoms with E-state index in [9.17, 15) is 33.6 Å². The van der Waals surface area contributed by atoms with Crippen molar-refractivity contribution in [2.45, 2.75) is 133 Å². The van der Waals surface area contributed by atoms with Crippen molar-refractivity contribution in [3.8, 4) is 0 Å². The Balaban J connectivity index is 1.62. The van der Waals surface area contributed by atoms with Crippen LogP contribution in [-0.4, -0.2) is 165 Å². The topological polar surface area (TPSA) is 358 Å². The van der Waals surface area contributed by atoms with Crippen molar-refractivity contribution in [3.63, 3.8) is 0 Å². The number of likely N-dealkylation sites (N-methyl/N-ethyl adjacent to an activating group) is 3. The van der Waals surface area contributed by atoms with Gasteiger partial charge in [-0.25, -0.2) is 4.98 Å². The highest BCUT2D eigenvalue weighted by Crippen LogP contribution is 2.24. The van der Waals surface area contributed by atoms with Gasteiger partial charge in [0.05, 0.1) is 12.7 Å². The summed E-state index contributed by atoms with van der Waals surface area (Å²) in [7, 11) is 4.29. The number of hydrogen-bond acceptors (Lipinski definition) is 11. The maximum atomic E-state index is 15.3. The van der Waals surface area contributed by atoms with E-state index in [1.54, 1.807) is 36.5 Å². The normalized spacial score (nSPS) is 21.4. The zero-order chi connectivity index (χ0) is 56.2. The molecule has 0 spiro atoms. The summed E-state index contributed by atoms with van der Waals surface area (Å²) in [6.45, 7) is 3.28. The number of primary amides is 1. The molecule has 1 saturated heterocycles. The predicted octanol–water partition coefficient (Wildman–Crippen LogP) is -0.222. The molecule has 24 nitrogen and oxygen atoms in total. The van der Waals surface area contributed by atoms with Crippen molar-refractivity contribution in [2.75, 3.05) is 34.2 Å². The number of amides is 9. The average molecular weight is 1070 g/mol. The number of benzene rings is 2. The van der Waals surface area contributed by atoms with Gasteiger partial charge in [0.15, 0.2) is 5.96 Å². The SMILES string of the molecule is CCCC[C@H](NC(C)=O)C(=O)NC1CC(=O)NCCCC[C@@H](C(N)=O)N(C)C(=O)[C@H](Cc2c[nH]c3ccccc23)N(C)C(=O)[C@H](CCCN=C(N)N)N(C)C(=O)[C@@H](Cc2ccccc2)NC(=O)C(Cc2cnc[nH]2)NC1=O. The Bertz CT molecular complexity index is 2690. The van der Waals surface area contributed by atoms with Crippen LogP contribution in [0.3, 0.4) is 0 Å². The number of aliphatic imine (C=N–C) groups is 1. The molecule has 7 atom stereocenters. The summed E-state index contributed by atoms with van der Waals surface area (Å²) in [6.07, 6.45) is 5.96. The molecule has 0 radical (unpaired) electrons. The fourth-order valence-corrected chi connectivity index (χ4v) is 9.35. The molecule has 9 amide bonds. The van der Waals surface area contributed by atoms with Gasteiger partial charge in [0, 0.05) is 89.4 Å². The largest absolute Gasteiger partial charge is 0.370 e. The quantitative estimate of drug-likeness (QED) is 0.0373. The minimum Gasteiger partial charge on any atom is -0.370 e. The van der Waals surface area contributed by atoms with Crippen LogP contribution in [0.1, 0.15) is 88.5 Å². The third kappa shape index (κ3) is 17.4. The number of aromatic amines is 2. The number of carbonyl (C=O) groups excluding carboxylic acids is 9. The van der Waals surface area contributed by atoms with Gasteiger partial charge in [-0.2, -0.15) is 0 Å². The molecule has 1 fully saturated rings. The fourth-order valence-electron chi connectivity index (χ4n) is 9.35. The van der Waals surface area contributed by atoms with E-state index in [4.69, 9.17) is 17.2 Å². The number of hydrogen-bond donors (Lipinski definition) is 10. The summed E-state index contributed by atoms with van der Waals surface area (Å²) in [5.74, 6) is -6.64. The molecule has 5 rings (SSSR count). The molecule has 0 aliphatic carbocycles. The van der Waals surface area contributed by atoms with Crippen LogP contribution in [0.4, 0.5) is 0 Å². The van der Waals surface area contributed by atoms with Gasteiger partial charge < -0.3 is 68.5 Å². The number of rotatable bonds is 17. The lowest BCUT2D eigenvalue weighted by atomic mass is 9.98. The smallest absolute Gasteiger partial charge is 0.246 e. The van der Waals surface area contributed by atoms with E-state index < -0.39 is 102 Å². The van der Waals surface area contributed by atoms with Gasteiger partial charge in [-0.3, -0.25) is 48.1 Å². The molecular weight excluding hydrogens is 991 g/mol. The zero-order valence-electron chi connectivity index (χ0n) is 44.5. The van der Waals surface area contributed by atoms with E-state index >= 15 is 9.59 Å². The summed E-state index contributed by atoms with van der Waals surface area (Å²) in [4.78, 5) is 146. The molecule has 77 heavy (non-hydrogen) atoms. The zero-order valence-corrected chi connectivity index (χ0v) is 44.5. The highest BCUT2D eigenvalue weighted by atomic mass is 16.2. The molecule has 416 valence electrons. The van der Waals surface area contributed by atoms with E-state index in [2.05, 4.69) is 46.5 Å². The van der Waals surface area contributed by atoms with Crippen LogP contribution in [0.5, 0.6) is 0 Å². The predicted molar refractivity (Wildman–Crippen MR) is 288 cm³/mol. The third-order valence-electron chi connectivity index (χ3n) is 13.7. The number of fused-ring (bicyclic) bond motifs is 1. The molecule has 2 aromatic heterocycles. The van der Waals surface area contributed by atoms with E-state index in [1.165, 1.54) is 55.3 Å². The minimum absolute atomic E-state index is 0.0123. The summed E-state index contributed by atoms with van der Waals surface area (Å²) in [5.41, 5.74) is 19.8. The van der Waals surface area contributed by atoms with Gasteiger partial charge in [-0.15, -0.1) is 0 Å². The summed E-state index contributed by atoms with van der Waals surface area (Å²) in [5, 5.41) is 14.3. The van der Waals surface area contributed by atoms with Gasteiger partial charge >= 0.3 is 0 Å². The monoisotopic (exact) mass is 1070 g/mol. The second-order valence-electron chi connectivity index (χ2n) is 19.4. The number of H-pyrrole nitrogens is 2. The van der Waals surface area contributed by atoms with E-state index in [1.807, 2.05) is 31.2 Å². The van der Waals surface area contributed by atoms with E-state index in [0.29, 0.717) is 29.7 Å². The molecule has 4 aromatic rings. The van der Waals surface area contributed by atoms with Crippen molar-refractivity contribution in [3.05, 3.63) is 90.1 Å². The number of nitrogens with two attached hydrogens (primary N) is 3. The second kappa shape index (κ2) is 29.1. The number of unbranched alkanes of at least 4 members (excludes halogenated alkanes) is 1. The molecule has 2 unspecified atom stereocenters. The lowest BCUT2D eigenvalue weighted by Crippen LogP contribution is -2.61. The van der Waals surface area contributed by atoms with Crippen molar-refractivity contribution >= 4 is 70.0 Å². The highest BCUT2D eigenvalue weighted by molar-refractivity contribution is 5.99. The number of nitrogens with zero attached hydrogens (tertiary/aromatic N) is 5. The van der Waals surface area contributed by atoms with Crippen LogP contribution < -0.4 is 43.8 Å². The Kier molecular flexibility index (Phi) is 22.5. The molecule has 13 N–H and O–H groups in total. The third-order valence-corrected chi connectivity index (χ3v) is 13.7. The lowest BCUT2D eigenvalue weighted by Gasteiger charge is -2.38. The maximum Gasteiger partial charge on any atom is 0.246 e. The summed E-state index contributed by atoms with van der Waals surface area (Å²) in [6, 6.07) is 7.06. The van der Waals surface area contributed by atoms with Gasteiger partial charge in [0.25, 0.3) is 0 Å². The van der Waals surface area contributed by atoms with Crippen LogP contribution in [-0.2, 0) is 62.4 Å². The van der Waals surface area contributed by atoms with Gasteiger partial charge in [0.1, 0.15) is 42.3 Å². The summed E-state index contributed by atoms with van der Waals surface area (Å²) >= 11 is 0. The van der Waals surface area contributed by atoms with Crippen molar-refractivity contribution in [1.82, 2.24) is 56.2 Å². The van der Waals surface area contributed by atoms with Crippen LogP contribution in [0.15, 0.2) is 78.3 Å². The lowest BCUT2D eigenvalue weighted by molar-refractivity contribution is -0.152. The standard InChI is InChI=1S/C53H75N15O9/c1-6-7-19-38(62-32(2)69)47(72)64-40-28-45(70)58-23-14-13-21-42(46(54)71)66(3)52(77)44(26-34-29-60-37-20-12-11-18-36(34)37)68(5)51(76)43(22-15-24-59-53(55)56)67(4)50(75)41(25-33-16-9-8-10-17-33)65-48(73)39(63-49(40)74)27-35-30-57-31-61-35/h8-12,16-18,20,29-31,38-44,60H,6-7,13-15,19,21-28H2,1-5H3,(H2,54,71)(H,57,61)(H,58,70)(H,62,69)(H,63,74)(H,64,72)(H,65,73)(H4,55,56,59)/t38-,39?,40?,41+,42-,43-,44-/m0/s1. The molecule has 0 saturated carbocycles. The summed E-state index contributed by atoms with van der Waals surface area (Å²) < 4.78 is 0. The molecular formula is C53H75N15O9. The van der Waals surface area contributed by atoms with Crippen LogP contribution in [0.25, 0.3) is 10.9 Å². The first-order valence-corrected chi connectivity index (χ1v) is 25.9. The first kappa shape index (κ1) is 59.6. The van der Waals surface area contributed by atoms with Crippen molar-refractivity contribution < 1.29 is 43.2 Å². The minimum atomic E-state index is -1.58. The van der Waals surface area contributed by atoms with Gasteiger partial charge in [0.2, 0.25) is 53.2 Å². The average Bonchev–Trinajstić information content (AvgIpc) is 4.08. The molecule has 1 aliphatic rings. The molecule has 24 heteroatoms. The number of imidazole rings is 1. The number of nitrogens with one attached hydrogen (secondary N) is 7. The molecule has 1 aliphatic heterocycles. The van der Waals surface area contributed by atoms with Crippen LogP contribution in [0, 0.1) is 0 Å². The second-order valence-corrected chi connectivity index (χ2v) is 19.4. The number of guanidine groups is 1. The molecule has 0 bridgehead atoms. The Hall–Kier alpha value is -8.31. The van der Waals surface area contributed by atoms with Crippen molar-refractivity contribution in [1.29, 1.82) is 0 Å². The highest BCUT2D eigenvalue weighted by Gasteiger charge is 2.41. The van der Waals surface area contributed by atoms with Gasteiger partial charge in [-0.05, 0) is 55.7 Å². The Morgan fingerprint density at radius 1 is 0.792 bits per heavy atom. The first-order chi connectivity index (χ1) is 36.8. The fraction of sp³-hybridized carbons (Fsp3) is 0.491. The molecule has 3 heterocycles. The van der Waals surface area contributed by atoms with E-state index in [-0.39, 0.29) is 76.8 Å². The Morgan fingerprint density at radius 2 is 1.48 bits per heavy atom. The molecule has 2 aromatic carbocycles. The van der Waals surface area contributed by atoms with Crippen LogP contribution >= 0.6 is 0 Å². The maximum absolute atomic E-state index is 15.3. The first-order valence-electron chi connectivity index (χ1n) is 25.9. The number of carbonyl (C=O) groups is 9.